The monoisotopic (exact) mass is 219 g/mol. The molecule has 2 aliphatic rings. The quantitative estimate of drug-likeness (QED) is 0.848. The lowest BCUT2D eigenvalue weighted by Crippen LogP contribution is -2.36. The molecular weight excluding hydrogens is 198 g/mol. The highest BCUT2D eigenvalue weighted by atomic mass is 15.3. The molecule has 0 spiro atoms. The average molecular weight is 219 g/mol. The summed E-state index contributed by atoms with van der Waals surface area (Å²) in [6.07, 6.45) is 13.5. The number of nitrogens with two attached hydrogens (primary N) is 1. The fourth-order valence-corrected chi connectivity index (χ4v) is 2.99. The summed E-state index contributed by atoms with van der Waals surface area (Å²) in [7, 11) is 0. The first-order valence-electron chi connectivity index (χ1n) is 6.59. The summed E-state index contributed by atoms with van der Waals surface area (Å²) >= 11 is 0. The lowest BCUT2D eigenvalue weighted by atomic mass is 9.70. The first kappa shape index (κ1) is 10.3. The van der Waals surface area contributed by atoms with Gasteiger partial charge in [0.2, 0.25) is 0 Å². The molecule has 0 aromatic carbocycles. The second-order valence-corrected chi connectivity index (χ2v) is 5.49. The van der Waals surface area contributed by atoms with Gasteiger partial charge in [-0.3, -0.25) is 4.68 Å². The Bertz CT molecular complexity index is 359. The highest BCUT2D eigenvalue weighted by molar-refractivity contribution is 5.21. The highest BCUT2D eigenvalue weighted by Crippen LogP contribution is 2.40. The normalized spacial score (nSPS) is 24.6. The molecule has 1 aromatic rings. The Balaban J connectivity index is 1.86. The van der Waals surface area contributed by atoms with Gasteiger partial charge in [-0.1, -0.05) is 19.3 Å². The van der Waals surface area contributed by atoms with E-state index >= 15 is 0 Å². The Labute approximate surface area is 97.0 Å². The third kappa shape index (κ3) is 1.67. The molecule has 0 radical (unpaired) electrons. The van der Waals surface area contributed by atoms with Crippen LogP contribution in [0.25, 0.3) is 0 Å². The molecule has 0 atom stereocenters. The Morgan fingerprint density at radius 1 is 1.31 bits per heavy atom. The van der Waals surface area contributed by atoms with Crippen molar-refractivity contribution in [1.82, 2.24) is 9.78 Å². The maximum atomic E-state index is 6.03. The van der Waals surface area contributed by atoms with Crippen molar-refractivity contribution in [2.75, 3.05) is 6.54 Å². The molecule has 3 heteroatoms. The van der Waals surface area contributed by atoms with Gasteiger partial charge in [0, 0.05) is 18.2 Å². The van der Waals surface area contributed by atoms with E-state index in [0.29, 0.717) is 6.04 Å². The third-order valence-electron chi connectivity index (χ3n) is 4.34. The second kappa shape index (κ2) is 3.88. The zero-order valence-electron chi connectivity index (χ0n) is 9.86. The van der Waals surface area contributed by atoms with Gasteiger partial charge in [-0.05, 0) is 31.2 Å². The molecule has 0 saturated heterocycles. The molecule has 2 N–H and O–H groups in total. The molecule has 3 rings (SSSR count). The lowest BCUT2D eigenvalue weighted by molar-refractivity contribution is 0.300. The molecule has 3 nitrogen and oxygen atoms in total. The van der Waals surface area contributed by atoms with Gasteiger partial charge in [-0.2, -0.15) is 5.10 Å². The predicted octanol–water partition coefficient (Wildman–Crippen LogP) is 2.38. The molecule has 88 valence electrons. The number of rotatable bonds is 3. The molecule has 0 bridgehead atoms. The van der Waals surface area contributed by atoms with Crippen LogP contribution >= 0.6 is 0 Å². The van der Waals surface area contributed by atoms with E-state index in [4.69, 9.17) is 5.73 Å². The standard InChI is InChI=1S/C13H21N3/c14-10-13(6-2-1-3-7-13)11-8-15-16(9-11)12-4-5-12/h8-9,12H,1-7,10,14H2. The third-order valence-corrected chi connectivity index (χ3v) is 4.34. The van der Waals surface area contributed by atoms with Crippen LogP contribution in [-0.4, -0.2) is 16.3 Å². The minimum atomic E-state index is 0.241. The zero-order chi connectivity index (χ0) is 11.0. The number of aromatic nitrogens is 2. The molecular formula is C13H21N3. The maximum absolute atomic E-state index is 6.03. The van der Waals surface area contributed by atoms with Gasteiger partial charge in [0.25, 0.3) is 0 Å². The minimum absolute atomic E-state index is 0.241. The van der Waals surface area contributed by atoms with Crippen LogP contribution in [0, 0.1) is 0 Å². The van der Waals surface area contributed by atoms with Gasteiger partial charge in [-0.25, -0.2) is 0 Å². The van der Waals surface area contributed by atoms with Crippen LogP contribution in [0.2, 0.25) is 0 Å². The Kier molecular flexibility index (Phi) is 2.51. The van der Waals surface area contributed by atoms with E-state index in [-0.39, 0.29) is 5.41 Å². The summed E-state index contributed by atoms with van der Waals surface area (Å²) in [5.41, 5.74) is 7.67. The van der Waals surface area contributed by atoms with Crippen molar-refractivity contribution in [3.05, 3.63) is 18.0 Å². The van der Waals surface area contributed by atoms with Gasteiger partial charge < -0.3 is 5.73 Å². The van der Waals surface area contributed by atoms with E-state index in [2.05, 4.69) is 22.2 Å². The molecule has 16 heavy (non-hydrogen) atoms. The predicted molar refractivity (Wildman–Crippen MR) is 64.3 cm³/mol. The lowest BCUT2D eigenvalue weighted by Gasteiger charge is -2.35. The Morgan fingerprint density at radius 2 is 2.06 bits per heavy atom. The van der Waals surface area contributed by atoms with E-state index in [9.17, 15) is 0 Å². The van der Waals surface area contributed by atoms with Crippen molar-refractivity contribution in [2.45, 2.75) is 56.4 Å². The minimum Gasteiger partial charge on any atom is -0.330 e. The number of hydrogen-bond donors (Lipinski definition) is 1. The van der Waals surface area contributed by atoms with Crippen LogP contribution in [0.5, 0.6) is 0 Å². The van der Waals surface area contributed by atoms with E-state index in [1.54, 1.807) is 0 Å². The summed E-state index contributed by atoms with van der Waals surface area (Å²) in [6, 6.07) is 0.687. The van der Waals surface area contributed by atoms with Crippen LogP contribution in [0.3, 0.4) is 0 Å². The van der Waals surface area contributed by atoms with Gasteiger partial charge in [0.15, 0.2) is 0 Å². The van der Waals surface area contributed by atoms with E-state index in [1.165, 1.54) is 50.5 Å². The Hall–Kier alpha value is -0.830. The molecule has 1 heterocycles. The van der Waals surface area contributed by atoms with Crippen molar-refractivity contribution in [3.8, 4) is 0 Å². The van der Waals surface area contributed by atoms with Gasteiger partial charge in [0.05, 0.1) is 12.2 Å². The van der Waals surface area contributed by atoms with Crippen LogP contribution in [0.4, 0.5) is 0 Å². The zero-order valence-corrected chi connectivity index (χ0v) is 9.86. The summed E-state index contributed by atoms with van der Waals surface area (Å²) in [5.74, 6) is 0. The SMILES string of the molecule is NCC1(c2cnn(C3CC3)c2)CCCCC1. The molecule has 0 amide bonds. The summed E-state index contributed by atoms with van der Waals surface area (Å²) in [6.45, 7) is 0.781. The van der Waals surface area contributed by atoms with Crippen LogP contribution in [-0.2, 0) is 5.41 Å². The van der Waals surface area contributed by atoms with E-state index in [1.807, 2.05) is 0 Å². The number of hydrogen-bond acceptors (Lipinski definition) is 2. The summed E-state index contributed by atoms with van der Waals surface area (Å²) in [5, 5.41) is 4.51. The average Bonchev–Trinajstić information content (AvgIpc) is 3.08. The van der Waals surface area contributed by atoms with Crippen molar-refractivity contribution in [3.63, 3.8) is 0 Å². The fourth-order valence-electron chi connectivity index (χ4n) is 2.99. The molecule has 0 unspecified atom stereocenters. The van der Waals surface area contributed by atoms with Crippen molar-refractivity contribution in [2.24, 2.45) is 5.73 Å². The second-order valence-electron chi connectivity index (χ2n) is 5.49. The van der Waals surface area contributed by atoms with Crippen molar-refractivity contribution in [1.29, 1.82) is 0 Å². The molecule has 2 saturated carbocycles. The molecule has 2 fully saturated rings. The fraction of sp³-hybridized carbons (Fsp3) is 0.769. The smallest absolute Gasteiger partial charge is 0.0528 e. The first-order chi connectivity index (χ1) is 7.84. The van der Waals surface area contributed by atoms with Gasteiger partial charge in [0.1, 0.15) is 0 Å². The molecule has 1 aromatic heterocycles. The molecule has 2 aliphatic carbocycles. The van der Waals surface area contributed by atoms with E-state index < -0.39 is 0 Å². The summed E-state index contributed by atoms with van der Waals surface area (Å²) < 4.78 is 2.15. The van der Waals surface area contributed by atoms with Crippen LogP contribution in [0.1, 0.15) is 56.6 Å². The topological polar surface area (TPSA) is 43.8 Å². The van der Waals surface area contributed by atoms with Gasteiger partial charge >= 0.3 is 0 Å². The van der Waals surface area contributed by atoms with Crippen LogP contribution in [0.15, 0.2) is 12.4 Å². The maximum Gasteiger partial charge on any atom is 0.0528 e. The highest BCUT2D eigenvalue weighted by Gasteiger charge is 2.34. The van der Waals surface area contributed by atoms with Gasteiger partial charge in [-0.15, -0.1) is 0 Å². The largest absolute Gasteiger partial charge is 0.330 e. The van der Waals surface area contributed by atoms with E-state index in [0.717, 1.165) is 6.54 Å². The summed E-state index contributed by atoms with van der Waals surface area (Å²) in [4.78, 5) is 0. The Morgan fingerprint density at radius 3 is 2.69 bits per heavy atom. The molecule has 0 aliphatic heterocycles. The number of nitrogens with zero attached hydrogens (tertiary/aromatic N) is 2. The van der Waals surface area contributed by atoms with Crippen molar-refractivity contribution < 1.29 is 0 Å². The first-order valence-corrected chi connectivity index (χ1v) is 6.59. The van der Waals surface area contributed by atoms with Crippen molar-refractivity contribution >= 4 is 0 Å². The van der Waals surface area contributed by atoms with Crippen LogP contribution < -0.4 is 5.73 Å².